The molecule has 0 N–H and O–H groups in total. The standard InChI is InChI=1S/C26H33N3O3/c30-24(26(12-13-26)21-5-2-1-3-6-21)29-14-4-11-25(18-29,17-19-7-8-19)23-27-22(32-28-23)20-9-15-31-16-10-20/h1-3,5-6,19-20H,4,7-18H2. The van der Waals surface area contributed by atoms with Crippen molar-refractivity contribution in [3.8, 4) is 0 Å². The molecule has 3 heterocycles. The van der Waals surface area contributed by atoms with E-state index in [1.807, 2.05) is 18.2 Å². The van der Waals surface area contributed by atoms with E-state index in [9.17, 15) is 4.79 Å². The third-order valence-corrected chi connectivity index (χ3v) is 8.21. The molecule has 2 saturated heterocycles. The average Bonchev–Trinajstić information content (AvgIpc) is 3.78. The van der Waals surface area contributed by atoms with Crippen molar-refractivity contribution in [3.63, 3.8) is 0 Å². The molecule has 0 bridgehead atoms. The highest BCUT2D eigenvalue weighted by Crippen LogP contribution is 2.51. The molecule has 2 aromatic rings. The molecule has 1 aromatic carbocycles. The SMILES string of the molecule is O=C(N1CCCC(CC2CC2)(c2noc(C3CCOCC3)n2)C1)C1(c2ccccc2)CC1. The summed E-state index contributed by atoms with van der Waals surface area (Å²) >= 11 is 0. The van der Waals surface area contributed by atoms with Crippen LogP contribution in [0, 0.1) is 5.92 Å². The van der Waals surface area contributed by atoms with Crippen molar-refractivity contribution in [1.82, 2.24) is 15.0 Å². The topological polar surface area (TPSA) is 68.5 Å². The number of carbonyl (C=O) groups is 1. The molecule has 2 saturated carbocycles. The summed E-state index contributed by atoms with van der Waals surface area (Å²) < 4.78 is 11.3. The van der Waals surface area contributed by atoms with Crippen molar-refractivity contribution in [3.05, 3.63) is 47.6 Å². The highest BCUT2D eigenvalue weighted by atomic mass is 16.5. The molecule has 6 heteroatoms. The van der Waals surface area contributed by atoms with E-state index in [0.29, 0.717) is 11.8 Å². The number of ether oxygens (including phenoxy) is 1. The number of amides is 1. The Kier molecular flexibility index (Phi) is 5.09. The number of hydrogen-bond acceptors (Lipinski definition) is 5. The first-order chi connectivity index (χ1) is 15.7. The highest BCUT2D eigenvalue weighted by molar-refractivity contribution is 5.91. The maximum absolute atomic E-state index is 13.8. The molecular formula is C26H33N3O3. The van der Waals surface area contributed by atoms with Gasteiger partial charge in [0.1, 0.15) is 0 Å². The molecule has 1 aromatic heterocycles. The van der Waals surface area contributed by atoms with Crippen molar-refractivity contribution in [1.29, 1.82) is 0 Å². The molecule has 0 spiro atoms. The fourth-order valence-electron chi connectivity index (χ4n) is 5.99. The summed E-state index contributed by atoms with van der Waals surface area (Å²) in [6.45, 7) is 3.09. The monoisotopic (exact) mass is 435 g/mol. The van der Waals surface area contributed by atoms with Crippen LogP contribution in [0.15, 0.2) is 34.9 Å². The van der Waals surface area contributed by atoms with Gasteiger partial charge in [0.2, 0.25) is 11.8 Å². The molecule has 4 fully saturated rings. The Labute approximate surface area is 189 Å². The van der Waals surface area contributed by atoms with Gasteiger partial charge in [0.05, 0.1) is 10.8 Å². The van der Waals surface area contributed by atoms with E-state index >= 15 is 0 Å². The smallest absolute Gasteiger partial charge is 0.233 e. The van der Waals surface area contributed by atoms with E-state index in [0.717, 1.165) is 88.9 Å². The van der Waals surface area contributed by atoms with Gasteiger partial charge in [0.15, 0.2) is 5.82 Å². The van der Waals surface area contributed by atoms with Crippen molar-refractivity contribution >= 4 is 5.91 Å². The van der Waals surface area contributed by atoms with Crippen LogP contribution in [0.5, 0.6) is 0 Å². The van der Waals surface area contributed by atoms with Crippen molar-refractivity contribution in [2.24, 2.45) is 5.92 Å². The van der Waals surface area contributed by atoms with Gasteiger partial charge in [-0.15, -0.1) is 0 Å². The minimum Gasteiger partial charge on any atom is -0.381 e. The minimum absolute atomic E-state index is 0.172. The van der Waals surface area contributed by atoms with Gasteiger partial charge in [-0.3, -0.25) is 4.79 Å². The van der Waals surface area contributed by atoms with E-state index in [-0.39, 0.29) is 10.8 Å². The molecule has 32 heavy (non-hydrogen) atoms. The van der Waals surface area contributed by atoms with Crippen LogP contribution in [0.4, 0.5) is 0 Å². The maximum atomic E-state index is 13.8. The van der Waals surface area contributed by atoms with Gasteiger partial charge in [-0.1, -0.05) is 48.3 Å². The van der Waals surface area contributed by atoms with Crippen LogP contribution in [0.1, 0.15) is 81.0 Å². The first-order valence-electron chi connectivity index (χ1n) is 12.5. The molecule has 1 unspecified atom stereocenters. The maximum Gasteiger partial charge on any atom is 0.233 e. The molecule has 1 atom stereocenters. The van der Waals surface area contributed by atoms with E-state index < -0.39 is 0 Å². The molecule has 6 rings (SSSR count). The number of rotatable bonds is 6. The van der Waals surface area contributed by atoms with Crippen LogP contribution in [0.25, 0.3) is 0 Å². The first-order valence-corrected chi connectivity index (χ1v) is 12.5. The Morgan fingerprint density at radius 3 is 2.56 bits per heavy atom. The average molecular weight is 436 g/mol. The number of aromatic nitrogens is 2. The van der Waals surface area contributed by atoms with E-state index in [4.69, 9.17) is 14.2 Å². The Balaban J connectivity index is 1.26. The van der Waals surface area contributed by atoms with Gasteiger partial charge in [0.25, 0.3) is 0 Å². The van der Waals surface area contributed by atoms with E-state index in [1.165, 1.54) is 18.4 Å². The zero-order chi connectivity index (χ0) is 21.6. The quantitative estimate of drug-likeness (QED) is 0.675. The summed E-state index contributed by atoms with van der Waals surface area (Å²) in [5, 5.41) is 4.53. The summed E-state index contributed by atoms with van der Waals surface area (Å²) in [4.78, 5) is 20.9. The second kappa shape index (κ2) is 7.98. The minimum atomic E-state index is -0.311. The van der Waals surface area contributed by atoms with Crippen molar-refractivity contribution in [2.45, 2.75) is 74.5 Å². The fourth-order valence-corrected chi connectivity index (χ4v) is 5.99. The molecule has 1 amide bonds. The molecular weight excluding hydrogens is 402 g/mol. The molecule has 6 nitrogen and oxygen atoms in total. The normalized spacial score (nSPS) is 27.9. The van der Waals surface area contributed by atoms with Crippen LogP contribution < -0.4 is 0 Å². The van der Waals surface area contributed by atoms with Gasteiger partial charge in [-0.05, 0) is 56.4 Å². The molecule has 0 radical (unpaired) electrons. The predicted molar refractivity (Wildman–Crippen MR) is 119 cm³/mol. The second-order valence-corrected chi connectivity index (χ2v) is 10.5. The predicted octanol–water partition coefficient (Wildman–Crippen LogP) is 4.36. The van der Waals surface area contributed by atoms with Crippen molar-refractivity contribution < 1.29 is 14.1 Å². The number of likely N-dealkylation sites (tertiary alicyclic amines) is 1. The lowest BCUT2D eigenvalue weighted by Crippen LogP contribution is -2.52. The largest absolute Gasteiger partial charge is 0.381 e. The summed E-state index contributed by atoms with van der Waals surface area (Å²) in [7, 11) is 0. The molecule has 2 aliphatic heterocycles. The van der Waals surface area contributed by atoms with Gasteiger partial charge in [-0.2, -0.15) is 4.98 Å². The van der Waals surface area contributed by atoms with Gasteiger partial charge < -0.3 is 14.2 Å². The first kappa shape index (κ1) is 20.4. The molecule has 170 valence electrons. The lowest BCUT2D eigenvalue weighted by atomic mass is 9.74. The molecule has 4 aliphatic rings. The zero-order valence-electron chi connectivity index (χ0n) is 18.8. The number of nitrogens with zero attached hydrogens (tertiary/aromatic N) is 3. The van der Waals surface area contributed by atoms with Crippen LogP contribution in [0.3, 0.4) is 0 Å². The Morgan fingerprint density at radius 2 is 1.84 bits per heavy atom. The van der Waals surface area contributed by atoms with E-state index in [2.05, 4.69) is 22.2 Å². The zero-order valence-corrected chi connectivity index (χ0v) is 18.8. The van der Waals surface area contributed by atoms with Crippen molar-refractivity contribution in [2.75, 3.05) is 26.3 Å². The highest BCUT2D eigenvalue weighted by Gasteiger charge is 2.55. The van der Waals surface area contributed by atoms with Crippen LogP contribution >= 0.6 is 0 Å². The lowest BCUT2D eigenvalue weighted by Gasteiger charge is -2.42. The Hall–Kier alpha value is -2.21. The Bertz CT molecular complexity index is 960. The van der Waals surface area contributed by atoms with Gasteiger partial charge >= 0.3 is 0 Å². The van der Waals surface area contributed by atoms with Crippen LogP contribution in [-0.2, 0) is 20.4 Å². The lowest BCUT2D eigenvalue weighted by molar-refractivity contribution is -0.136. The summed E-state index contributed by atoms with van der Waals surface area (Å²) in [6.07, 6.45) is 9.49. The Morgan fingerprint density at radius 1 is 1.06 bits per heavy atom. The number of hydrogen-bond donors (Lipinski definition) is 0. The number of carbonyl (C=O) groups excluding carboxylic acids is 1. The summed E-state index contributed by atoms with van der Waals surface area (Å²) in [6, 6.07) is 10.4. The van der Waals surface area contributed by atoms with Gasteiger partial charge in [-0.25, -0.2) is 0 Å². The van der Waals surface area contributed by atoms with Gasteiger partial charge in [0, 0.05) is 32.2 Å². The number of piperidine rings is 1. The fraction of sp³-hybridized carbons (Fsp3) is 0.654. The third kappa shape index (κ3) is 3.66. The molecule has 2 aliphatic carbocycles. The van der Waals surface area contributed by atoms with Crippen LogP contribution in [0.2, 0.25) is 0 Å². The second-order valence-electron chi connectivity index (χ2n) is 10.5. The number of benzene rings is 1. The third-order valence-electron chi connectivity index (χ3n) is 8.21. The summed E-state index contributed by atoms with van der Waals surface area (Å²) in [5.41, 5.74) is 0.688. The van der Waals surface area contributed by atoms with Crippen LogP contribution in [-0.4, -0.2) is 47.3 Å². The summed E-state index contributed by atoms with van der Waals surface area (Å²) in [5.74, 6) is 2.95. The van der Waals surface area contributed by atoms with E-state index in [1.54, 1.807) is 0 Å².